The summed E-state index contributed by atoms with van der Waals surface area (Å²) in [6, 6.07) is 79.1. The zero-order chi connectivity index (χ0) is 40.7. The molecule has 12 aromatic rings. The highest BCUT2D eigenvalue weighted by molar-refractivity contribution is 7.26. The predicted octanol–water partition coefficient (Wildman–Crippen LogP) is 16.9. The molecular formula is C58H36N2OS. The highest BCUT2D eigenvalue weighted by atomic mass is 32.1. The van der Waals surface area contributed by atoms with E-state index in [1.807, 2.05) is 11.3 Å². The summed E-state index contributed by atoms with van der Waals surface area (Å²) >= 11 is 1.86. The smallest absolute Gasteiger partial charge is 0.159 e. The molecule has 2 aromatic heterocycles. The van der Waals surface area contributed by atoms with E-state index in [4.69, 9.17) is 4.74 Å². The average Bonchev–Trinajstić information content (AvgIpc) is 3.89. The van der Waals surface area contributed by atoms with Crippen molar-refractivity contribution in [2.75, 3.05) is 4.90 Å². The number of hydrogen-bond acceptors (Lipinski definition) is 3. The number of ether oxygens (including phenoxy) is 1. The fourth-order valence-corrected chi connectivity index (χ4v) is 10.9. The minimum atomic E-state index is 0.876. The Kier molecular flexibility index (Phi) is 7.78. The summed E-state index contributed by atoms with van der Waals surface area (Å²) in [4.78, 5) is 2.43. The topological polar surface area (TPSA) is 17.4 Å². The molecule has 1 aliphatic heterocycles. The van der Waals surface area contributed by atoms with Crippen molar-refractivity contribution in [2.24, 2.45) is 0 Å². The fourth-order valence-electron chi connectivity index (χ4n) is 9.73. The van der Waals surface area contributed by atoms with Crippen LogP contribution in [-0.4, -0.2) is 4.57 Å². The van der Waals surface area contributed by atoms with E-state index >= 15 is 0 Å². The number of aromatic nitrogens is 1. The minimum absolute atomic E-state index is 0.876. The lowest BCUT2D eigenvalue weighted by Gasteiger charge is -2.27. The normalized spacial score (nSPS) is 12.0. The van der Waals surface area contributed by atoms with Gasteiger partial charge in [-0.1, -0.05) is 164 Å². The molecule has 290 valence electrons. The lowest BCUT2D eigenvalue weighted by molar-refractivity contribution is 0.478. The Hall–Kier alpha value is -7.92. The Bertz CT molecular complexity index is 3720. The molecular weight excluding hydrogens is 773 g/mol. The van der Waals surface area contributed by atoms with Crippen molar-refractivity contribution >= 4 is 81.1 Å². The third-order valence-electron chi connectivity index (χ3n) is 12.6. The van der Waals surface area contributed by atoms with E-state index in [0.29, 0.717) is 0 Å². The number of thiophene rings is 1. The van der Waals surface area contributed by atoms with E-state index < -0.39 is 0 Å². The van der Waals surface area contributed by atoms with Gasteiger partial charge in [0, 0.05) is 43.2 Å². The minimum Gasteiger partial charge on any atom is -0.452 e. The summed E-state index contributed by atoms with van der Waals surface area (Å²) in [5.74, 6) is 1.76. The first-order valence-electron chi connectivity index (χ1n) is 21.1. The molecule has 1 aliphatic rings. The van der Waals surface area contributed by atoms with Gasteiger partial charge in [0.15, 0.2) is 11.5 Å². The van der Waals surface area contributed by atoms with E-state index in [1.165, 1.54) is 58.4 Å². The first kappa shape index (κ1) is 34.9. The molecule has 0 spiro atoms. The van der Waals surface area contributed by atoms with Gasteiger partial charge in [-0.2, -0.15) is 0 Å². The molecule has 0 radical (unpaired) electrons. The lowest BCUT2D eigenvalue weighted by Crippen LogP contribution is -2.10. The van der Waals surface area contributed by atoms with E-state index in [9.17, 15) is 0 Å². The van der Waals surface area contributed by atoms with E-state index in [2.05, 4.69) is 228 Å². The van der Waals surface area contributed by atoms with Gasteiger partial charge in [-0.15, -0.1) is 11.3 Å². The molecule has 10 aromatic carbocycles. The molecule has 4 heteroatoms. The van der Waals surface area contributed by atoms with Crippen LogP contribution in [0.2, 0.25) is 0 Å². The second-order valence-corrected chi connectivity index (χ2v) is 17.1. The van der Waals surface area contributed by atoms with Gasteiger partial charge >= 0.3 is 0 Å². The molecule has 0 amide bonds. The number of hydrogen-bond donors (Lipinski definition) is 0. The lowest BCUT2D eigenvalue weighted by atomic mass is 9.97. The highest BCUT2D eigenvalue weighted by Crippen LogP contribution is 2.50. The summed E-state index contributed by atoms with van der Waals surface area (Å²) in [6.07, 6.45) is 0. The van der Waals surface area contributed by atoms with Crippen molar-refractivity contribution in [3.63, 3.8) is 0 Å². The zero-order valence-corrected chi connectivity index (χ0v) is 34.3. The summed E-state index contributed by atoms with van der Waals surface area (Å²) in [5.41, 5.74) is 13.6. The zero-order valence-electron chi connectivity index (χ0n) is 33.5. The van der Waals surface area contributed by atoms with Crippen LogP contribution >= 0.6 is 11.3 Å². The summed E-state index contributed by atoms with van der Waals surface area (Å²) in [5, 5.41) is 7.51. The predicted molar refractivity (Wildman–Crippen MR) is 262 cm³/mol. The summed E-state index contributed by atoms with van der Waals surface area (Å²) in [7, 11) is 0. The van der Waals surface area contributed by atoms with Gasteiger partial charge in [0.1, 0.15) is 0 Å². The van der Waals surface area contributed by atoms with Crippen LogP contribution in [0.25, 0.3) is 91.8 Å². The van der Waals surface area contributed by atoms with Gasteiger partial charge in [0.25, 0.3) is 0 Å². The van der Waals surface area contributed by atoms with E-state index in [0.717, 1.165) is 62.0 Å². The largest absolute Gasteiger partial charge is 0.452 e. The summed E-state index contributed by atoms with van der Waals surface area (Å²) in [6.45, 7) is 0. The molecule has 0 unspecified atom stereocenters. The first-order valence-corrected chi connectivity index (χ1v) is 21.9. The van der Waals surface area contributed by atoms with Gasteiger partial charge in [0.05, 0.1) is 27.1 Å². The molecule has 3 heterocycles. The Morgan fingerprint density at radius 1 is 0.419 bits per heavy atom. The maximum atomic E-state index is 6.78. The monoisotopic (exact) mass is 808 g/mol. The molecule has 62 heavy (non-hydrogen) atoms. The van der Waals surface area contributed by atoms with Crippen LogP contribution in [0.15, 0.2) is 218 Å². The van der Waals surface area contributed by atoms with Gasteiger partial charge in [-0.3, -0.25) is 0 Å². The van der Waals surface area contributed by atoms with Crippen LogP contribution < -0.4 is 9.64 Å². The van der Waals surface area contributed by atoms with Crippen molar-refractivity contribution < 1.29 is 4.74 Å². The molecule has 0 aliphatic carbocycles. The standard InChI is InChI=1S/C58H36N2OS/c1-2-16-44-38(12-1)13-8-19-45(44)39-32-34-42(35-33-39)59(53-25-10-22-50-48-18-4-6-27-55(48)62-58(50)53)43-15-7-14-41(36-43)37-28-30-40(31-29-37)46-20-9-24-52-57(46)61-54-26-11-21-49-47-17-3-5-23-51(47)60(52)56(49)54/h1-36H. The molecule has 0 saturated carbocycles. The van der Waals surface area contributed by atoms with Crippen LogP contribution in [-0.2, 0) is 0 Å². The summed E-state index contributed by atoms with van der Waals surface area (Å²) < 4.78 is 11.7. The van der Waals surface area contributed by atoms with Gasteiger partial charge in [-0.25, -0.2) is 0 Å². The molecule has 3 nitrogen and oxygen atoms in total. The van der Waals surface area contributed by atoms with Gasteiger partial charge < -0.3 is 14.2 Å². The van der Waals surface area contributed by atoms with Crippen molar-refractivity contribution in [2.45, 2.75) is 0 Å². The third kappa shape index (κ3) is 5.37. The maximum Gasteiger partial charge on any atom is 0.159 e. The SMILES string of the molecule is c1cc(-c2ccc(-c3cccc4c3Oc3cccc5c6ccccc6n-4c35)cc2)cc(N(c2ccc(-c3cccc4ccccc34)cc2)c2cccc3c2sc2ccccc23)c1. The molecule has 0 saturated heterocycles. The first-order chi connectivity index (χ1) is 30.7. The van der Waals surface area contributed by atoms with E-state index in [-0.39, 0.29) is 0 Å². The van der Waals surface area contributed by atoms with Crippen molar-refractivity contribution in [3.8, 4) is 50.6 Å². The third-order valence-corrected chi connectivity index (χ3v) is 13.8. The number of rotatable bonds is 6. The molecule has 0 atom stereocenters. The number of nitrogens with zero attached hydrogens (tertiary/aromatic N) is 2. The van der Waals surface area contributed by atoms with Crippen LogP contribution in [0.5, 0.6) is 11.5 Å². The number of benzene rings is 10. The van der Waals surface area contributed by atoms with Crippen molar-refractivity contribution in [1.29, 1.82) is 0 Å². The fraction of sp³-hybridized carbons (Fsp3) is 0. The maximum absolute atomic E-state index is 6.78. The Morgan fingerprint density at radius 2 is 1.06 bits per heavy atom. The quantitative estimate of drug-likeness (QED) is 0.166. The highest BCUT2D eigenvalue weighted by Gasteiger charge is 2.26. The number of fused-ring (bicyclic) bond motifs is 9. The van der Waals surface area contributed by atoms with Crippen molar-refractivity contribution in [3.05, 3.63) is 218 Å². The van der Waals surface area contributed by atoms with Crippen LogP contribution in [0.4, 0.5) is 17.1 Å². The number of anilines is 3. The second kappa shape index (κ2) is 13.8. The Labute approximate surface area is 362 Å². The van der Waals surface area contributed by atoms with Crippen LogP contribution in [0, 0.1) is 0 Å². The Balaban J connectivity index is 0.905. The van der Waals surface area contributed by atoms with Crippen LogP contribution in [0.1, 0.15) is 0 Å². The Morgan fingerprint density at radius 3 is 1.97 bits per heavy atom. The second-order valence-electron chi connectivity index (χ2n) is 16.0. The molecule has 0 fully saturated rings. The van der Waals surface area contributed by atoms with Gasteiger partial charge in [0.2, 0.25) is 0 Å². The molecule has 0 bridgehead atoms. The van der Waals surface area contributed by atoms with Crippen LogP contribution in [0.3, 0.4) is 0 Å². The molecule has 13 rings (SSSR count). The van der Waals surface area contributed by atoms with Crippen molar-refractivity contribution in [1.82, 2.24) is 4.57 Å². The molecule has 0 N–H and O–H groups in total. The number of para-hydroxylation sites is 3. The average molecular weight is 809 g/mol. The van der Waals surface area contributed by atoms with Gasteiger partial charge in [-0.05, 0) is 93.2 Å². The van der Waals surface area contributed by atoms with E-state index in [1.54, 1.807) is 0 Å².